The molecule has 2 aromatic rings. The average molecular weight is 281 g/mol. The van der Waals surface area contributed by atoms with Crippen LogP contribution in [-0.2, 0) is 13.0 Å². The van der Waals surface area contributed by atoms with Gasteiger partial charge in [-0.3, -0.25) is 0 Å². The van der Waals surface area contributed by atoms with E-state index in [0.717, 1.165) is 24.8 Å². The summed E-state index contributed by atoms with van der Waals surface area (Å²) in [7, 11) is 0. The van der Waals surface area contributed by atoms with E-state index in [1.807, 2.05) is 18.2 Å². The van der Waals surface area contributed by atoms with Gasteiger partial charge in [-0.05, 0) is 55.5 Å². The molecule has 21 heavy (non-hydrogen) atoms. The first-order chi connectivity index (χ1) is 10.3. The Balaban J connectivity index is 1.48. The van der Waals surface area contributed by atoms with Crippen LogP contribution in [0.15, 0.2) is 48.5 Å². The first-order valence-electron chi connectivity index (χ1n) is 7.81. The van der Waals surface area contributed by atoms with E-state index in [0.29, 0.717) is 6.61 Å². The summed E-state index contributed by atoms with van der Waals surface area (Å²) in [6, 6.07) is 17.7. The zero-order valence-corrected chi connectivity index (χ0v) is 12.6. The van der Waals surface area contributed by atoms with Crippen molar-refractivity contribution in [3.05, 3.63) is 65.2 Å². The highest BCUT2D eigenvalue weighted by Gasteiger charge is 2.19. The van der Waals surface area contributed by atoms with Crippen molar-refractivity contribution >= 4 is 0 Å². The first-order valence-corrected chi connectivity index (χ1v) is 7.81. The molecule has 0 unspecified atom stereocenters. The van der Waals surface area contributed by atoms with Crippen LogP contribution in [0.2, 0.25) is 0 Å². The number of ether oxygens (including phenoxy) is 1. The zero-order chi connectivity index (χ0) is 14.5. The fraction of sp³-hybridized carbons (Fsp3) is 0.368. The molecule has 0 heterocycles. The van der Waals surface area contributed by atoms with E-state index in [1.165, 1.54) is 29.5 Å². The number of hydrogen-bond acceptors (Lipinski definition) is 2. The van der Waals surface area contributed by atoms with Crippen molar-refractivity contribution < 1.29 is 4.74 Å². The summed E-state index contributed by atoms with van der Waals surface area (Å²) in [5.41, 5.74) is 3.79. The third-order valence-electron chi connectivity index (χ3n) is 3.93. The average Bonchev–Trinajstić information content (AvgIpc) is 3.32. The standard InChI is InChI=1S/C19H23NO/c1-15-4-2-3-5-19(15)21-14-17-8-6-16(7-9-17)12-13-20-18-10-11-18/h2-9,18,20H,10-14H2,1H3. The fourth-order valence-corrected chi connectivity index (χ4v) is 2.39. The van der Waals surface area contributed by atoms with Crippen molar-refractivity contribution in [2.24, 2.45) is 0 Å². The van der Waals surface area contributed by atoms with Gasteiger partial charge in [-0.15, -0.1) is 0 Å². The molecule has 0 aromatic heterocycles. The van der Waals surface area contributed by atoms with E-state index in [9.17, 15) is 0 Å². The predicted molar refractivity (Wildman–Crippen MR) is 86.7 cm³/mol. The molecule has 0 atom stereocenters. The van der Waals surface area contributed by atoms with Gasteiger partial charge in [0.1, 0.15) is 12.4 Å². The Morgan fingerprint density at radius 3 is 2.43 bits per heavy atom. The van der Waals surface area contributed by atoms with Gasteiger partial charge in [0.25, 0.3) is 0 Å². The Bertz CT molecular complexity index is 572. The van der Waals surface area contributed by atoms with Gasteiger partial charge in [-0.25, -0.2) is 0 Å². The summed E-state index contributed by atoms with van der Waals surface area (Å²) >= 11 is 0. The van der Waals surface area contributed by atoms with Gasteiger partial charge in [0, 0.05) is 6.04 Å². The number of benzene rings is 2. The summed E-state index contributed by atoms with van der Waals surface area (Å²) in [6.07, 6.45) is 3.82. The molecule has 0 radical (unpaired) electrons. The van der Waals surface area contributed by atoms with E-state index in [-0.39, 0.29) is 0 Å². The highest BCUT2D eigenvalue weighted by Crippen LogP contribution is 2.19. The maximum absolute atomic E-state index is 5.87. The van der Waals surface area contributed by atoms with E-state index in [4.69, 9.17) is 4.74 Å². The van der Waals surface area contributed by atoms with Crippen LogP contribution in [0, 0.1) is 6.92 Å². The molecule has 3 rings (SSSR count). The van der Waals surface area contributed by atoms with Crippen molar-refractivity contribution in [2.75, 3.05) is 6.54 Å². The minimum Gasteiger partial charge on any atom is -0.489 e. The van der Waals surface area contributed by atoms with Crippen molar-refractivity contribution in [1.82, 2.24) is 5.32 Å². The van der Waals surface area contributed by atoms with Crippen LogP contribution in [0.3, 0.4) is 0 Å². The van der Waals surface area contributed by atoms with E-state index >= 15 is 0 Å². The maximum Gasteiger partial charge on any atom is 0.122 e. The van der Waals surface area contributed by atoms with Crippen LogP contribution in [0.5, 0.6) is 5.75 Å². The lowest BCUT2D eigenvalue weighted by Gasteiger charge is -2.09. The zero-order valence-electron chi connectivity index (χ0n) is 12.6. The second-order valence-electron chi connectivity index (χ2n) is 5.85. The molecule has 0 spiro atoms. The third kappa shape index (κ3) is 4.33. The van der Waals surface area contributed by atoms with Crippen LogP contribution in [0.25, 0.3) is 0 Å². The number of para-hydroxylation sites is 1. The van der Waals surface area contributed by atoms with Gasteiger partial charge >= 0.3 is 0 Å². The minimum atomic E-state index is 0.630. The van der Waals surface area contributed by atoms with Crippen molar-refractivity contribution in [3.8, 4) is 5.75 Å². The van der Waals surface area contributed by atoms with Crippen LogP contribution < -0.4 is 10.1 Å². The minimum absolute atomic E-state index is 0.630. The Kier molecular flexibility index (Phi) is 4.56. The Labute approximate surface area is 127 Å². The van der Waals surface area contributed by atoms with Gasteiger partial charge in [0.2, 0.25) is 0 Å². The van der Waals surface area contributed by atoms with Gasteiger partial charge in [0.05, 0.1) is 0 Å². The van der Waals surface area contributed by atoms with Gasteiger partial charge in [-0.2, -0.15) is 0 Å². The molecule has 2 heteroatoms. The quantitative estimate of drug-likeness (QED) is 0.832. The summed E-state index contributed by atoms with van der Waals surface area (Å²) < 4.78 is 5.87. The van der Waals surface area contributed by atoms with Gasteiger partial charge in [-0.1, -0.05) is 42.5 Å². The van der Waals surface area contributed by atoms with Crippen molar-refractivity contribution in [3.63, 3.8) is 0 Å². The molecule has 1 N–H and O–H groups in total. The molecule has 110 valence electrons. The topological polar surface area (TPSA) is 21.3 Å². The van der Waals surface area contributed by atoms with E-state index in [1.54, 1.807) is 0 Å². The lowest BCUT2D eigenvalue weighted by atomic mass is 10.1. The lowest BCUT2D eigenvalue weighted by molar-refractivity contribution is 0.304. The molecule has 2 nitrogen and oxygen atoms in total. The molecule has 0 bridgehead atoms. The summed E-state index contributed by atoms with van der Waals surface area (Å²) in [4.78, 5) is 0. The number of rotatable bonds is 7. The van der Waals surface area contributed by atoms with Gasteiger partial charge < -0.3 is 10.1 Å². The molecular weight excluding hydrogens is 258 g/mol. The highest BCUT2D eigenvalue weighted by molar-refractivity contribution is 5.32. The molecule has 0 aliphatic heterocycles. The van der Waals surface area contributed by atoms with Crippen LogP contribution in [0.1, 0.15) is 29.5 Å². The smallest absolute Gasteiger partial charge is 0.122 e. The molecule has 1 saturated carbocycles. The first kappa shape index (κ1) is 14.2. The summed E-state index contributed by atoms with van der Waals surface area (Å²) in [6.45, 7) is 3.79. The second-order valence-corrected chi connectivity index (χ2v) is 5.85. The monoisotopic (exact) mass is 281 g/mol. The molecular formula is C19H23NO. The highest BCUT2D eigenvalue weighted by atomic mass is 16.5. The number of hydrogen-bond donors (Lipinski definition) is 1. The number of aryl methyl sites for hydroxylation is 1. The predicted octanol–water partition coefficient (Wildman–Crippen LogP) is 3.87. The van der Waals surface area contributed by atoms with Crippen LogP contribution >= 0.6 is 0 Å². The molecule has 0 amide bonds. The molecule has 1 aliphatic rings. The van der Waals surface area contributed by atoms with Crippen LogP contribution in [-0.4, -0.2) is 12.6 Å². The van der Waals surface area contributed by atoms with Crippen molar-refractivity contribution in [1.29, 1.82) is 0 Å². The molecule has 2 aromatic carbocycles. The van der Waals surface area contributed by atoms with Gasteiger partial charge in [0.15, 0.2) is 0 Å². The second kappa shape index (κ2) is 6.77. The Hall–Kier alpha value is -1.80. The SMILES string of the molecule is Cc1ccccc1OCc1ccc(CCNC2CC2)cc1. The fourth-order valence-electron chi connectivity index (χ4n) is 2.39. The molecule has 1 aliphatic carbocycles. The maximum atomic E-state index is 5.87. The van der Waals surface area contributed by atoms with Crippen molar-refractivity contribution in [2.45, 2.75) is 38.8 Å². The summed E-state index contributed by atoms with van der Waals surface area (Å²) in [5.74, 6) is 0.968. The van der Waals surface area contributed by atoms with Crippen LogP contribution in [0.4, 0.5) is 0 Å². The molecule has 0 saturated heterocycles. The third-order valence-corrected chi connectivity index (χ3v) is 3.93. The van der Waals surface area contributed by atoms with E-state index in [2.05, 4.69) is 42.6 Å². The molecule has 1 fully saturated rings. The summed E-state index contributed by atoms with van der Waals surface area (Å²) in [5, 5.41) is 3.55. The normalized spacial score (nSPS) is 14.1. The lowest BCUT2D eigenvalue weighted by Crippen LogP contribution is -2.19. The van der Waals surface area contributed by atoms with E-state index < -0.39 is 0 Å². The Morgan fingerprint density at radius 2 is 1.71 bits per heavy atom. The number of nitrogens with one attached hydrogen (secondary N) is 1. The Morgan fingerprint density at radius 1 is 1.00 bits per heavy atom. The largest absolute Gasteiger partial charge is 0.489 e.